The van der Waals surface area contributed by atoms with Gasteiger partial charge in [-0.25, -0.2) is 0 Å². The van der Waals surface area contributed by atoms with Gasteiger partial charge in [-0.2, -0.15) is 0 Å². The topological polar surface area (TPSA) is 41.1 Å². The highest BCUT2D eigenvalue weighted by Crippen LogP contribution is 2.17. The molecule has 0 aliphatic carbocycles. The summed E-state index contributed by atoms with van der Waals surface area (Å²) in [6, 6.07) is 5.99. The van der Waals surface area contributed by atoms with E-state index in [0.29, 0.717) is 11.5 Å². The molecule has 0 fully saturated rings. The Morgan fingerprint density at radius 1 is 1.14 bits per heavy atom. The Morgan fingerprint density at radius 3 is 2.57 bits per heavy atom. The normalized spacial score (nSPS) is 10.2. The van der Waals surface area contributed by atoms with Gasteiger partial charge in [0.1, 0.15) is 0 Å². The van der Waals surface area contributed by atoms with Crippen LogP contribution in [0.4, 0.5) is 5.69 Å². The number of carbonyl (C=O) groups is 1. The number of nitrogens with one attached hydrogen (secondary N) is 2. The first kappa shape index (κ1) is 17.6. The number of anilines is 1. The summed E-state index contributed by atoms with van der Waals surface area (Å²) in [5.41, 5.74) is 3.29. The van der Waals surface area contributed by atoms with Crippen LogP contribution in [-0.4, -0.2) is 11.0 Å². The lowest BCUT2D eigenvalue weighted by atomic mass is 10.1. The van der Waals surface area contributed by atoms with Gasteiger partial charge in [-0.3, -0.25) is 4.79 Å². The van der Waals surface area contributed by atoms with E-state index in [1.54, 1.807) is 0 Å². The van der Waals surface area contributed by atoms with E-state index in [1.807, 2.05) is 19.1 Å². The zero-order valence-corrected chi connectivity index (χ0v) is 14.1. The first-order chi connectivity index (χ1) is 10.0. The van der Waals surface area contributed by atoms with Gasteiger partial charge in [0.05, 0.1) is 0 Å². The number of benzene rings is 1. The van der Waals surface area contributed by atoms with Crippen LogP contribution >= 0.6 is 12.2 Å². The van der Waals surface area contributed by atoms with Crippen LogP contribution in [-0.2, 0) is 4.79 Å². The highest BCUT2D eigenvalue weighted by Gasteiger charge is 2.06. The van der Waals surface area contributed by atoms with Gasteiger partial charge in [-0.15, -0.1) is 0 Å². The van der Waals surface area contributed by atoms with Crippen LogP contribution in [0.15, 0.2) is 18.2 Å². The van der Waals surface area contributed by atoms with Crippen molar-refractivity contribution in [3.63, 3.8) is 0 Å². The molecule has 0 aromatic heterocycles. The molecular weight excluding hydrogens is 280 g/mol. The third kappa shape index (κ3) is 6.71. The molecule has 21 heavy (non-hydrogen) atoms. The maximum absolute atomic E-state index is 11.8. The summed E-state index contributed by atoms with van der Waals surface area (Å²) in [7, 11) is 0. The first-order valence-electron chi connectivity index (χ1n) is 7.71. The quantitative estimate of drug-likeness (QED) is 0.576. The number of unbranched alkanes of at least 4 members (excludes halogenated alkanes) is 4. The van der Waals surface area contributed by atoms with E-state index in [0.717, 1.165) is 24.1 Å². The molecular formula is C17H26N2OS. The van der Waals surface area contributed by atoms with Crippen molar-refractivity contribution >= 4 is 28.9 Å². The predicted octanol–water partition coefficient (Wildman–Crippen LogP) is 4.48. The average Bonchev–Trinajstić information content (AvgIpc) is 2.43. The Hall–Kier alpha value is -1.42. The minimum absolute atomic E-state index is 0.00527. The number of amides is 1. The maximum atomic E-state index is 11.8. The van der Waals surface area contributed by atoms with Crippen LogP contribution in [0.2, 0.25) is 0 Å². The molecule has 0 saturated heterocycles. The molecule has 0 heterocycles. The molecule has 0 spiro atoms. The highest BCUT2D eigenvalue weighted by atomic mass is 32.1. The minimum Gasteiger partial charge on any atom is -0.332 e. The first-order valence-corrected chi connectivity index (χ1v) is 8.12. The Morgan fingerprint density at radius 2 is 1.86 bits per heavy atom. The Kier molecular flexibility index (Phi) is 7.98. The van der Waals surface area contributed by atoms with Crippen molar-refractivity contribution in [3.05, 3.63) is 29.3 Å². The molecule has 1 rings (SSSR count). The summed E-state index contributed by atoms with van der Waals surface area (Å²) < 4.78 is 0. The summed E-state index contributed by atoms with van der Waals surface area (Å²) >= 11 is 5.19. The Balaban J connectivity index is 2.33. The van der Waals surface area contributed by atoms with Gasteiger partial charge < -0.3 is 10.6 Å². The fraction of sp³-hybridized carbons (Fsp3) is 0.529. The lowest BCUT2D eigenvalue weighted by molar-refractivity contribution is -0.119. The number of hydrogen-bond donors (Lipinski definition) is 2. The Bertz CT molecular complexity index is 486. The number of hydrogen-bond acceptors (Lipinski definition) is 2. The highest BCUT2D eigenvalue weighted by molar-refractivity contribution is 7.80. The van der Waals surface area contributed by atoms with Crippen molar-refractivity contribution in [2.24, 2.45) is 0 Å². The van der Waals surface area contributed by atoms with Gasteiger partial charge in [-0.05, 0) is 49.7 Å². The predicted molar refractivity (Wildman–Crippen MR) is 93.7 cm³/mol. The zero-order valence-electron chi connectivity index (χ0n) is 13.3. The van der Waals surface area contributed by atoms with E-state index in [4.69, 9.17) is 12.2 Å². The largest absolute Gasteiger partial charge is 0.332 e. The zero-order chi connectivity index (χ0) is 15.7. The van der Waals surface area contributed by atoms with Gasteiger partial charge in [0, 0.05) is 12.1 Å². The number of aryl methyl sites for hydroxylation is 1. The van der Waals surface area contributed by atoms with Gasteiger partial charge in [0.25, 0.3) is 0 Å². The standard InChI is InChI=1S/C17H26N2OS/c1-4-5-6-7-8-12-16(20)19-17(21)18-15-11-9-10-13(2)14(15)3/h9-11H,4-8,12H2,1-3H3,(H2,18,19,20,21). The number of carbonyl (C=O) groups excluding carboxylic acids is 1. The number of rotatable bonds is 7. The molecule has 1 aromatic rings. The van der Waals surface area contributed by atoms with Crippen LogP contribution in [0.25, 0.3) is 0 Å². The fourth-order valence-electron chi connectivity index (χ4n) is 2.12. The van der Waals surface area contributed by atoms with Crippen LogP contribution in [0.5, 0.6) is 0 Å². The molecule has 1 aromatic carbocycles. The van der Waals surface area contributed by atoms with Crippen LogP contribution in [0.3, 0.4) is 0 Å². The van der Waals surface area contributed by atoms with E-state index in [1.165, 1.54) is 24.8 Å². The van der Waals surface area contributed by atoms with Crippen molar-refractivity contribution in [1.29, 1.82) is 0 Å². The SMILES string of the molecule is CCCCCCCC(=O)NC(=S)Nc1cccc(C)c1C. The van der Waals surface area contributed by atoms with Gasteiger partial charge in [-0.1, -0.05) is 44.7 Å². The second kappa shape index (κ2) is 9.50. The van der Waals surface area contributed by atoms with Crippen molar-refractivity contribution < 1.29 is 4.79 Å². The summed E-state index contributed by atoms with van der Waals surface area (Å²) in [5.74, 6) is -0.00527. The van der Waals surface area contributed by atoms with Crippen molar-refractivity contribution in [2.75, 3.05) is 5.32 Å². The summed E-state index contributed by atoms with van der Waals surface area (Å²) in [4.78, 5) is 11.8. The molecule has 0 saturated carbocycles. The van der Waals surface area contributed by atoms with Crippen LogP contribution < -0.4 is 10.6 Å². The van der Waals surface area contributed by atoms with Gasteiger partial charge in [0.2, 0.25) is 5.91 Å². The second-order valence-corrected chi connectivity index (χ2v) is 5.82. The maximum Gasteiger partial charge on any atom is 0.226 e. The molecule has 0 unspecified atom stereocenters. The van der Waals surface area contributed by atoms with Crippen LogP contribution in [0.1, 0.15) is 56.6 Å². The lowest BCUT2D eigenvalue weighted by Crippen LogP contribution is -2.34. The molecule has 116 valence electrons. The third-order valence-corrected chi connectivity index (χ3v) is 3.82. The summed E-state index contributed by atoms with van der Waals surface area (Å²) in [6.07, 6.45) is 6.24. The second-order valence-electron chi connectivity index (χ2n) is 5.41. The molecule has 0 atom stereocenters. The van der Waals surface area contributed by atoms with E-state index in [-0.39, 0.29) is 5.91 Å². The molecule has 0 bridgehead atoms. The molecule has 0 aliphatic heterocycles. The van der Waals surface area contributed by atoms with E-state index in [9.17, 15) is 4.79 Å². The molecule has 0 aliphatic rings. The van der Waals surface area contributed by atoms with E-state index >= 15 is 0 Å². The molecule has 1 amide bonds. The van der Waals surface area contributed by atoms with E-state index in [2.05, 4.69) is 30.5 Å². The average molecular weight is 306 g/mol. The van der Waals surface area contributed by atoms with Crippen LogP contribution in [0, 0.1) is 13.8 Å². The van der Waals surface area contributed by atoms with E-state index < -0.39 is 0 Å². The monoisotopic (exact) mass is 306 g/mol. The number of thiocarbonyl (C=S) groups is 1. The fourth-order valence-corrected chi connectivity index (χ4v) is 2.34. The molecule has 4 heteroatoms. The van der Waals surface area contributed by atoms with Crippen molar-refractivity contribution in [1.82, 2.24) is 5.32 Å². The van der Waals surface area contributed by atoms with Gasteiger partial charge >= 0.3 is 0 Å². The molecule has 0 radical (unpaired) electrons. The minimum atomic E-state index is -0.00527. The van der Waals surface area contributed by atoms with Crippen molar-refractivity contribution in [2.45, 2.75) is 59.3 Å². The Labute approximate surface area is 133 Å². The third-order valence-electron chi connectivity index (χ3n) is 3.61. The summed E-state index contributed by atoms with van der Waals surface area (Å²) in [6.45, 7) is 6.28. The van der Waals surface area contributed by atoms with Crippen molar-refractivity contribution in [3.8, 4) is 0 Å². The smallest absolute Gasteiger partial charge is 0.226 e. The lowest BCUT2D eigenvalue weighted by Gasteiger charge is -2.13. The molecule has 3 nitrogen and oxygen atoms in total. The van der Waals surface area contributed by atoms with Gasteiger partial charge in [0.15, 0.2) is 5.11 Å². The molecule has 2 N–H and O–H groups in total. The summed E-state index contributed by atoms with van der Waals surface area (Å²) in [5, 5.41) is 6.22.